The highest BCUT2D eigenvalue weighted by molar-refractivity contribution is 6.05. The maximum absolute atomic E-state index is 11.6. The van der Waals surface area contributed by atoms with Crippen LogP contribution in [0.5, 0.6) is 0 Å². The Morgan fingerprint density at radius 3 is 2.18 bits per heavy atom. The summed E-state index contributed by atoms with van der Waals surface area (Å²) in [7, 11) is 1.85. The molecule has 0 aromatic heterocycles. The van der Waals surface area contributed by atoms with Crippen LogP contribution < -0.4 is 5.73 Å². The van der Waals surface area contributed by atoms with Crippen molar-refractivity contribution in [2.24, 2.45) is 16.1 Å². The van der Waals surface area contributed by atoms with E-state index in [4.69, 9.17) is 5.73 Å². The average Bonchev–Trinajstić information content (AvgIpc) is 2.84. The Balaban J connectivity index is 1.80. The quantitative estimate of drug-likeness (QED) is 0.700. The lowest BCUT2D eigenvalue weighted by atomic mass is 9.66. The van der Waals surface area contributed by atoms with Gasteiger partial charge in [0.05, 0.1) is 0 Å². The van der Waals surface area contributed by atoms with E-state index in [0.717, 1.165) is 12.8 Å². The number of nitrogens with two attached hydrogens (primary N) is 1. The lowest BCUT2D eigenvalue weighted by Crippen LogP contribution is -2.55. The van der Waals surface area contributed by atoms with E-state index in [-0.39, 0.29) is 11.6 Å². The molecule has 2 aliphatic carbocycles. The zero-order chi connectivity index (χ0) is 12.1. The highest BCUT2D eigenvalue weighted by Crippen LogP contribution is 2.53. The van der Waals surface area contributed by atoms with Gasteiger partial charge in [-0.2, -0.15) is 4.99 Å². The first-order valence-electron chi connectivity index (χ1n) is 6.71. The van der Waals surface area contributed by atoms with Gasteiger partial charge in [0.1, 0.15) is 11.4 Å². The molecule has 2 fully saturated rings. The van der Waals surface area contributed by atoms with Gasteiger partial charge in [0, 0.05) is 7.05 Å². The van der Waals surface area contributed by atoms with E-state index < -0.39 is 0 Å². The molecule has 3 rings (SSSR count). The minimum atomic E-state index is -0.245. The van der Waals surface area contributed by atoms with Crippen LogP contribution in [0.4, 0.5) is 4.79 Å². The molecule has 4 nitrogen and oxygen atoms in total. The summed E-state index contributed by atoms with van der Waals surface area (Å²) in [5.74, 6) is 0.554. The van der Waals surface area contributed by atoms with Crippen LogP contribution >= 0.6 is 0 Å². The summed E-state index contributed by atoms with van der Waals surface area (Å²) in [5, 5.41) is 0. The fourth-order valence-electron chi connectivity index (χ4n) is 4.05. The Kier molecular flexibility index (Phi) is 2.25. The van der Waals surface area contributed by atoms with E-state index in [1.807, 2.05) is 7.05 Å². The molecule has 1 aliphatic heterocycles. The summed E-state index contributed by atoms with van der Waals surface area (Å²) in [6.45, 7) is 0. The molecule has 0 aromatic rings. The summed E-state index contributed by atoms with van der Waals surface area (Å²) in [6, 6.07) is -0.162. The Bertz CT molecular complexity index is 372. The zero-order valence-electron chi connectivity index (χ0n) is 10.5. The molecule has 0 radical (unpaired) electrons. The Morgan fingerprint density at radius 1 is 1.12 bits per heavy atom. The zero-order valence-corrected chi connectivity index (χ0v) is 10.5. The number of aliphatic imine (C=N–C) groups is 1. The van der Waals surface area contributed by atoms with Crippen molar-refractivity contribution in [1.82, 2.24) is 4.90 Å². The molecule has 17 heavy (non-hydrogen) atoms. The van der Waals surface area contributed by atoms with Crippen molar-refractivity contribution in [2.75, 3.05) is 7.05 Å². The van der Waals surface area contributed by atoms with Gasteiger partial charge in [0.25, 0.3) is 0 Å². The minimum absolute atomic E-state index is 0.162. The lowest BCUT2D eigenvalue weighted by Gasteiger charge is -2.45. The largest absolute Gasteiger partial charge is 0.385 e. The third-order valence-electron chi connectivity index (χ3n) is 5.42. The number of carbonyl (C=O) groups is 1. The fourth-order valence-corrected chi connectivity index (χ4v) is 4.05. The highest BCUT2D eigenvalue weighted by atomic mass is 16.2. The van der Waals surface area contributed by atoms with Crippen molar-refractivity contribution in [3.63, 3.8) is 0 Å². The van der Waals surface area contributed by atoms with E-state index in [1.54, 1.807) is 4.90 Å². The predicted octanol–water partition coefficient (Wildman–Crippen LogP) is 2.28. The number of amides is 2. The van der Waals surface area contributed by atoms with Gasteiger partial charge in [-0.15, -0.1) is 0 Å². The summed E-state index contributed by atoms with van der Waals surface area (Å²) in [4.78, 5) is 17.3. The first-order chi connectivity index (χ1) is 8.08. The van der Waals surface area contributed by atoms with Crippen LogP contribution in [0.2, 0.25) is 0 Å². The van der Waals surface area contributed by atoms with Gasteiger partial charge in [-0.25, -0.2) is 4.79 Å². The number of nitrogens with zero attached hydrogens (tertiary/aromatic N) is 2. The van der Waals surface area contributed by atoms with Gasteiger partial charge < -0.3 is 10.6 Å². The van der Waals surface area contributed by atoms with E-state index in [2.05, 4.69) is 4.99 Å². The van der Waals surface area contributed by atoms with Crippen molar-refractivity contribution in [1.29, 1.82) is 0 Å². The van der Waals surface area contributed by atoms with Crippen LogP contribution in [0, 0.1) is 5.41 Å². The second-order valence-electron chi connectivity index (χ2n) is 6.08. The van der Waals surface area contributed by atoms with Gasteiger partial charge in [0.2, 0.25) is 0 Å². The minimum Gasteiger partial charge on any atom is -0.385 e. The Labute approximate surface area is 102 Å². The molecule has 0 bridgehead atoms. The molecule has 0 saturated heterocycles. The fraction of sp³-hybridized carbons (Fsp3) is 0.846. The third kappa shape index (κ3) is 1.42. The number of likely N-dealkylation sites (N-methyl/N-ethyl adjacent to an activating group) is 1. The average molecular weight is 235 g/mol. The molecule has 3 aliphatic rings. The normalized spacial score (nSPS) is 30.3. The van der Waals surface area contributed by atoms with Crippen LogP contribution in [0.1, 0.15) is 51.4 Å². The highest BCUT2D eigenvalue weighted by Gasteiger charge is 2.52. The second-order valence-corrected chi connectivity index (χ2v) is 6.08. The second kappa shape index (κ2) is 3.47. The Hall–Kier alpha value is -1.06. The van der Waals surface area contributed by atoms with Crippen molar-refractivity contribution < 1.29 is 4.79 Å². The van der Waals surface area contributed by atoms with Crippen LogP contribution in [0.25, 0.3) is 0 Å². The van der Waals surface area contributed by atoms with Crippen LogP contribution in [0.15, 0.2) is 4.99 Å². The van der Waals surface area contributed by atoms with Crippen LogP contribution in [-0.4, -0.2) is 29.4 Å². The lowest BCUT2D eigenvalue weighted by molar-refractivity contribution is 0.0968. The van der Waals surface area contributed by atoms with Crippen molar-refractivity contribution in [3.05, 3.63) is 0 Å². The number of hydrogen-bond acceptors (Lipinski definition) is 2. The van der Waals surface area contributed by atoms with Gasteiger partial charge in [-0.1, -0.05) is 12.8 Å². The third-order valence-corrected chi connectivity index (χ3v) is 5.42. The maximum atomic E-state index is 11.6. The van der Waals surface area contributed by atoms with E-state index in [9.17, 15) is 4.79 Å². The number of rotatable bonds is 0. The van der Waals surface area contributed by atoms with Gasteiger partial charge in [-0.05, 0) is 43.9 Å². The molecule has 4 heteroatoms. The van der Waals surface area contributed by atoms with Crippen LogP contribution in [0.3, 0.4) is 0 Å². The predicted molar refractivity (Wildman–Crippen MR) is 66.9 cm³/mol. The summed E-state index contributed by atoms with van der Waals surface area (Å²) < 4.78 is 0. The van der Waals surface area contributed by atoms with Crippen molar-refractivity contribution >= 4 is 11.9 Å². The molecule has 2 amide bonds. The first kappa shape index (κ1) is 11.1. The Morgan fingerprint density at radius 2 is 1.71 bits per heavy atom. The van der Waals surface area contributed by atoms with Crippen molar-refractivity contribution in [3.8, 4) is 0 Å². The van der Waals surface area contributed by atoms with Gasteiger partial charge >= 0.3 is 6.03 Å². The molecule has 1 heterocycles. The van der Waals surface area contributed by atoms with Gasteiger partial charge in [0.15, 0.2) is 0 Å². The molecule has 2 N–H and O–H groups in total. The van der Waals surface area contributed by atoms with Gasteiger partial charge in [-0.3, -0.25) is 0 Å². The summed E-state index contributed by atoms with van der Waals surface area (Å²) >= 11 is 0. The summed E-state index contributed by atoms with van der Waals surface area (Å²) in [6.07, 6.45) is 9.93. The molecule has 94 valence electrons. The van der Waals surface area contributed by atoms with E-state index >= 15 is 0 Å². The molecular formula is C13H21N3O. The topological polar surface area (TPSA) is 58.7 Å². The smallest absolute Gasteiger partial charge is 0.345 e. The molecule has 0 unspecified atom stereocenters. The molecular weight excluding hydrogens is 214 g/mol. The standard InChI is InChI=1S/C13H21N3O/c1-16-11(17)15-10(14)13(16)8-6-12(7-9-13)4-2-3-5-12/h2-9H2,1H3,(H2,14,15,17). The monoisotopic (exact) mass is 235 g/mol. The molecule has 2 saturated carbocycles. The number of carbonyl (C=O) groups excluding carboxylic acids is 1. The number of hydrogen-bond donors (Lipinski definition) is 1. The first-order valence-corrected chi connectivity index (χ1v) is 6.71. The van der Waals surface area contributed by atoms with E-state index in [1.165, 1.54) is 38.5 Å². The maximum Gasteiger partial charge on any atom is 0.345 e. The van der Waals surface area contributed by atoms with Crippen LogP contribution in [-0.2, 0) is 0 Å². The SMILES string of the molecule is CN1C(=O)N=C(N)C12CCC1(CCCC1)CC2. The van der Waals surface area contributed by atoms with Crippen molar-refractivity contribution in [2.45, 2.75) is 56.9 Å². The van der Waals surface area contributed by atoms with E-state index in [0.29, 0.717) is 11.3 Å². The summed E-state index contributed by atoms with van der Waals surface area (Å²) in [5.41, 5.74) is 6.32. The number of amidine groups is 1. The molecule has 0 aromatic carbocycles. The molecule has 2 spiro atoms. The number of urea groups is 1. The molecule has 0 atom stereocenters.